The lowest BCUT2D eigenvalue weighted by molar-refractivity contribution is -0.127. The maximum atomic E-state index is 15.2. The van der Waals surface area contributed by atoms with Gasteiger partial charge < -0.3 is 14.5 Å². The maximum absolute atomic E-state index is 15.2. The zero-order chi connectivity index (χ0) is 28.9. The number of halogens is 5. The molecule has 7 nitrogen and oxygen atoms in total. The van der Waals surface area contributed by atoms with Gasteiger partial charge in [-0.2, -0.15) is 5.10 Å². The molecule has 3 aliphatic heterocycles. The van der Waals surface area contributed by atoms with Gasteiger partial charge in [0, 0.05) is 36.8 Å². The lowest BCUT2D eigenvalue weighted by atomic mass is 9.78. The average Bonchev–Trinajstić information content (AvgIpc) is 3.65. The number of carbonyl (C=O) groups is 1. The number of morpholine rings is 1. The van der Waals surface area contributed by atoms with Gasteiger partial charge in [-0.1, -0.05) is 0 Å². The minimum Gasteiger partial charge on any atom is -0.449 e. The van der Waals surface area contributed by atoms with Crippen LogP contribution in [0.3, 0.4) is 0 Å². The van der Waals surface area contributed by atoms with E-state index in [1.165, 1.54) is 25.1 Å². The summed E-state index contributed by atoms with van der Waals surface area (Å²) in [5.74, 6) is -5.13. The van der Waals surface area contributed by atoms with Crippen molar-refractivity contribution in [2.45, 2.75) is 43.4 Å². The van der Waals surface area contributed by atoms with Gasteiger partial charge in [0.25, 0.3) is 0 Å². The monoisotopic (exact) mass is 590 g/mol. The number of furan rings is 1. The molecule has 1 N–H and O–H groups in total. The number of rotatable bonds is 6. The zero-order valence-electron chi connectivity index (χ0n) is 22.0. The molecule has 216 valence electrons. The molecule has 3 aliphatic rings. The largest absolute Gasteiger partial charge is 0.449 e. The molecule has 41 heavy (non-hydrogen) atoms. The Balaban J connectivity index is 1.42. The highest BCUT2D eigenvalue weighted by Crippen LogP contribution is 2.46. The third kappa shape index (κ3) is 5.00. The van der Waals surface area contributed by atoms with Crippen molar-refractivity contribution < 1.29 is 31.5 Å². The Bertz CT molecular complexity index is 1520. The summed E-state index contributed by atoms with van der Waals surface area (Å²) in [6.07, 6.45) is 1.89. The Kier molecular flexibility index (Phi) is 7.29. The van der Waals surface area contributed by atoms with E-state index in [4.69, 9.17) is 20.8 Å². The first-order valence-corrected chi connectivity index (χ1v) is 13.7. The quantitative estimate of drug-likeness (QED) is 0.398. The third-order valence-corrected chi connectivity index (χ3v) is 8.32. The molecule has 1 aromatic heterocycles. The normalized spacial score (nSPS) is 26.2. The van der Waals surface area contributed by atoms with Crippen LogP contribution in [0.25, 0.3) is 0 Å². The highest BCUT2D eigenvalue weighted by Gasteiger charge is 2.57. The van der Waals surface area contributed by atoms with E-state index in [2.05, 4.69) is 15.3 Å². The number of hydrazone groups is 1. The lowest BCUT2D eigenvalue weighted by Crippen LogP contribution is -2.59. The Morgan fingerprint density at radius 3 is 2.56 bits per heavy atom. The molecule has 0 spiro atoms. The molecule has 3 aromatic rings. The minimum absolute atomic E-state index is 0.00359. The minimum atomic E-state index is -1.76. The van der Waals surface area contributed by atoms with Crippen molar-refractivity contribution >= 4 is 28.9 Å². The number of benzene rings is 2. The Morgan fingerprint density at radius 1 is 1.10 bits per heavy atom. The van der Waals surface area contributed by atoms with Crippen LogP contribution in [0.4, 0.5) is 23.2 Å². The molecule has 4 heterocycles. The van der Waals surface area contributed by atoms with Crippen molar-refractivity contribution in [1.29, 1.82) is 0 Å². The van der Waals surface area contributed by atoms with Crippen LogP contribution >= 0.6 is 11.6 Å². The fourth-order valence-corrected chi connectivity index (χ4v) is 6.19. The van der Waals surface area contributed by atoms with E-state index in [-0.39, 0.29) is 40.6 Å². The SMILES string of the molecule is CC1(C(=O)NCC2CN3CCC[C@H]3CO2)C(c2ccc(Cl)o2)C(c2ccc(F)cc2F)=NN1c1ccc(F)cc1F. The summed E-state index contributed by atoms with van der Waals surface area (Å²) in [7, 11) is 0. The summed E-state index contributed by atoms with van der Waals surface area (Å²) in [6.45, 7) is 3.84. The zero-order valence-corrected chi connectivity index (χ0v) is 22.8. The number of nitrogens with zero attached hydrogens (tertiary/aromatic N) is 3. The topological polar surface area (TPSA) is 70.3 Å². The molecule has 6 rings (SSSR count). The predicted octanol–water partition coefficient (Wildman–Crippen LogP) is 5.24. The molecule has 0 saturated carbocycles. The van der Waals surface area contributed by atoms with Crippen molar-refractivity contribution in [3.8, 4) is 0 Å². The third-order valence-electron chi connectivity index (χ3n) is 8.12. The van der Waals surface area contributed by atoms with Crippen LogP contribution in [0.5, 0.6) is 0 Å². The first-order chi connectivity index (χ1) is 19.6. The van der Waals surface area contributed by atoms with Gasteiger partial charge in [0.05, 0.1) is 30.0 Å². The van der Waals surface area contributed by atoms with E-state index in [0.717, 1.165) is 42.6 Å². The van der Waals surface area contributed by atoms with Crippen molar-refractivity contribution in [2.75, 3.05) is 31.3 Å². The van der Waals surface area contributed by atoms with Crippen LogP contribution in [0.1, 0.15) is 37.0 Å². The van der Waals surface area contributed by atoms with E-state index in [1.807, 2.05) is 0 Å². The highest BCUT2D eigenvalue weighted by atomic mass is 35.5. The second kappa shape index (κ2) is 10.8. The summed E-state index contributed by atoms with van der Waals surface area (Å²) in [6, 6.07) is 9.12. The van der Waals surface area contributed by atoms with Gasteiger partial charge in [-0.25, -0.2) is 22.6 Å². The van der Waals surface area contributed by atoms with Gasteiger partial charge in [-0.15, -0.1) is 0 Å². The molecule has 2 fully saturated rings. The van der Waals surface area contributed by atoms with E-state index in [9.17, 15) is 13.6 Å². The van der Waals surface area contributed by atoms with Gasteiger partial charge in [0.2, 0.25) is 5.91 Å². The smallest absolute Gasteiger partial charge is 0.249 e. The predicted molar refractivity (Wildman–Crippen MR) is 144 cm³/mol. The van der Waals surface area contributed by atoms with Crippen LogP contribution in [-0.4, -0.2) is 60.4 Å². The Labute approximate surface area is 238 Å². The summed E-state index contributed by atoms with van der Waals surface area (Å²) in [4.78, 5) is 16.5. The fourth-order valence-electron chi connectivity index (χ4n) is 6.04. The molecule has 12 heteroatoms. The second-order valence-electron chi connectivity index (χ2n) is 10.7. The standard InChI is InChI=1S/C29H27ClF4N4O3/c1-29(28(39)35-13-19-14-37-10-2-3-18(37)15-40-19)26(24-8-9-25(30)41-24)27(20-6-4-16(31)11-21(20)33)36-38(29)23-7-5-17(32)12-22(23)34/h4-9,11-12,18-19,26H,2-3,10,13-15H2,1H3,(H,35,39)/t18-,19?,26?,29?/m0/s1. The molecule has 2 saturated heterocycles. The van der Waals surface area contributed by atoms with E-state index in [0.29, 0.717) is 31.3 Å². The van der Waals surface area contributed by atoms with Gasteiger partial charge in [0.15, 0.2) is 16.6 Å². The van der Waals surface area contributed by atoms with Gasteiger partial charge in [-0.3, -0.25) is 9.69 Å². The van der Waals surface area contributed by atoms with Crippen LogP contribution in [0.2, 0.25) is 5.22 Å². The number of nitrogens with one attached hydrogen (secondary N) is 1. The molecule has 0 bridgehead atoms. The number of carbonyl (C=O) groups excluding carboxylic acids is 1. The maximum Gasteiger partial charge on any atom is 0.249 e. The number of amides is 1. The van der Waals surface area contributed by atoms with Crippen LogP contribution < -0.4 is 10.3 Å². The van der Waals surface area contributed by atoms with Crippen LogP contribution in [0, 0.1) is 23.3 Å². The fraction of sp³-hybridized carbons (Fsp3) is 0.379. The number of hydrogen-bond acceptors (Lipinski definition) is 6. The molecule has 0 aliphatic carbocycles. The molecular weight excluding hydrogens is 564 g/mol. The average molecular weight is 591 g/mol. The Morgan fingerprint density at radius 2 is 1.85 bits per heavy atom. The Hall–Kier alpha value is -3.41. The summed E-state index contributed by atoms with van der Waals surface area (Å²) in [5, 5.41) is 8.52. The van der Waals surface area contributed by atoms with Crippen molar-refractivity contribution in [1.82, 2.24) is 10.2 Å². The summed E-state index contributed by atoms with van der Waals surface area (Å²) >= 11 is 6.09. The number of anilines is 1. The summed E-state index contributed by atoms with van der Waals surface area (Å²) < 4.78 is 69.8. The lowest BCUT2D eigenvalue weighted by Gasteiger charge is -2.38. The highest BCUT2D eigenvalue weighted by molar-refractivity contribution is 6.28. The van der Waals surface area contributed by atoms with Crippen molar-refractivity contribution in [3.63, 3.8) is 0 Å². The number of hydrogen-bond donors (Lipinski definition) is 1. The number of fused-ring (bicyclic) bond motifs is 1. The first-order valence-electron chi connectivity index (χ1n) is 13.3. The molecule has 4 atom stereocenters. The molecule has 1 amide bonds. The summed E-state index contributed by atoms with van der Waals surface area (Å²) in [5.41, 5.74) is -2.13. The van der Waals surface area contributed by atoms with Crippen molar-refractivity contribution in [2.24, 2.45) is 5.10 Å². The van der Waals surface area contributed by atoms with Crippen molar-refractivity contribution in [3.05, 3.63) is 88.3 Å². The van der Waals surface area contributed by atoms with E-state index < -0.39 is 40.6 Å². The first kappa shape index (κ1) is 27.7. The second-order valence-corrected chi connectivity index (χ2v) is 11.1. The molecule has 2 aromatic carbocycles. The number of ether oxygens (including phenoxy) is 1. The molecule has 3 unspecified atom stereocenters. The van der Waals surface area contributed by atoms with Crippen LogP contribution in [0.15, 0.2) is 58.0 Å². The molecular formula is C29H27ClF4N4O3. The van der Waals surface area contributed by atoms with Crippen LogP contribution in [-0.2, 0) is 9.53 Å². The molecule has 0 radical (unpaired) electrons. The van der Waals surface area contributed by atoms with Gasteiger partial charge in [-0.05, 0) is 74.3 Å². The van der Waals surface area contributed by atoms with E-state index >= 15 is 8.78 Å². The van der Waals surface area contributed by atoms with E-state index in [1.54, 1.807) is 0 Å². The van der Waals surface area contributed by atoms with Gasteiger partial charge in [0.1, 0.15) is 23.2 Å². The van der Waals surface area contributed by atoms with Gasteiger partial charge >= 0.3 is 0 Å².